The Morgan fingerprint density at radius 1 is 1.24 bits per heavy atom. The first-order valence-corrected chi connectivity index (χ1v) is 10.6. The van der Waals surface area contributed by atoms with E-state index in [4.69, 9.17) is 0 Å². The first-order valence-electron chi connectivity index (χ1n) is 9.05. The summed E-state index contributed by atoms with van der Waals surface area (Å²) in [5.74, 6) is -0.927. The third-order valence-electron chi connectivity index (χ3n) is 6.28. The molecule has 1 amide bonds. The number of rotatable bonds is 3. The molecule has 3 aliphatic rings. The lowest BCUT2D eigenvalue weighted by Crippen LogP contribution is -2.52. The van der Waals surface area contributed by atoms with Gasteiger partial charge in [-0.25, -0.2) is 12.8 Å². The van der Waals surface area contributed by atoms with Crippen LogP contribution in [0.1, 0.15) is 57.9 Å². The van der Waals surface area contributed by atoms with Gasteiger partial charge >= 0.3 is 0 Å². The molecule has 25 heavy (non-hydrogen) atoms. The molecule has 0 radical (unpaired) electrons. The summed E-state index contributed by atoms with van der Waals surface area (Å²) in [6.07, 6.45) is 5.19. The minimum absolute atomic E-state index is 0.216. The second-order valence-electron chi connectivity index (χ2n) is 8.27. The van der Waals surface area contributed by atoms with Gasteiger partial charge in [0.1, 0.15) is 10.6 Å². The zero-order valence-corrected chi connectivity index (χ0v) is 15.5. The Hall–Kier alpha value is -1.43. The van der Waals surface area contributed by atoms with Gasteiger partial charge < -0.3 is 4.90 Å². The smallest absolute Gasteiger partial charge is 0.247 e. The van der Waals surface area contributed by atoms with Crippen LogP contribution in [0.2, 0.25) is 0 Å². The highest BCUT2D eigenvalue weighted by atomic mass is 32.2. The van der Waals surface area contributed by atoms with Gasteiger partial charge in [-0.05, 0) is 51.2 Å². The second kappa shape index (κ2) is 5.29. The average molecular weight is 365 g/mol. The highest BCUT2D eigenvalue weighted by molar-refractivity contribution is 7.94. The summed E-state index contributed by atoms with van der Waals surface area (Å²) in [6, 6.07) is 4.95. The van der Waals surface area contributed by atoms with Crippen LogP contribution >= 0.6 is 0 Å². The number of halogens is 1. The van der Waals surface area contributed by atoms with Crippen molar-refractivity contribution in [2.75, 3.05) is 11.4 Å². The lowest BCUT2D eigenvalue weighted by atomic mass is 9.81. The van der Waals surface area contributed by atoms with Crippen molar-refractivity contribution in [1.29, 1.82) is 0 Å². The summed E-state index contributed by atoms with van der Waals surface area (Å²) in [6.45, 7) is 3.35. The van der Waals surface area contributed by atoms with E-state index in [2.05, 4.69) is 0 Å². The van der Waals surface area contributed by atoms with Gasteiger partial charge in [0.25, 0.3) is 0 Å². The fourth-order valence-electron chi connectivity index (χ4n) is 4.58. The number of nitrogens with zero attached hydrogens (tertiary/aromatic N) is 1. The van der Waals surface area contributed by atoms with Crippen LogP contribution in [0.4, 0.5) is 10.1 Å². The Balaban J connectivity index is 1.78. The molecule has 2 aliphatic carbocycles. The molecular weight excluding hydrogens is 341 g/mol. The molecular formula is C19H24FNO3S. The van der Waals surface area contributed by atoms with Gasteiger partial charge in [-0.1, -0.05) is 25.0 Å². The zero-order valence-electron chi connectivity index (χ0n) is 14.7. The van der Waals surface area contributed by atoms with E-state index in [1.54, 1.807) is 6.07 Å². The molecule has 0 aromatic heterocycles. The molecule has 0 saturated heterocycles. The number of hydrogen-bond acceptors (Lipinski definition) is 3. The van der Waals surface area contributed by atoms with E-state index in [9.17, 15) is 17.6 Å². The maximum Gasteiger partial charge on any atom is 0.247 e. The van der Waals surface area contributed by atoms with E-state index < -0.39 is 31.6 Å². The summed E-state index contributed by atoms with van der Waals surface area (Å²) in [4.78, 5) is 14.7. The predicted molar refractivity (Wildman–Crippen MR) is 94.9 cm³/mol. The summed E-state index contributed by atoms with van der Waals surface area (Å²) >= 11 is 0. The number of carbonyl (C=O) groups is 1. The zero-order chi connectivity index (χ0) is 18.0. The molecule has 0 bridgehead atoms. The molecule has 4 rings (SSSR count). The third kappa shape index (κ3) is 2.29. The number of carbonyl (C=O) groups excluding carboxylic acids is 1. The van der Waals surface area contributed by atoms with E-state index in [-0.39, 0.29) is 5.41 Å². The maximum absolute atomic E-state index is 14.6. The Morgan fingerprint density at radius 2 is 1.88 bits per heavy atom. The van der Waals surface area contributed by atoms with E-state index in [0.29, 0.717) is 25.1 Å². The molecule has 1 aromatic rings. The fraction of sp³-hybridized carbons (Fsp3) is 0.632. The summed E-state index contributed by atoms with van der Waals surface area (Å²) in [5, 5.41) is -0.422. The van der Waals surface area contributed by atoms with E-state index in [1.807, 2.05) is 6.07 Å². The number of anilines is 1. The van der Waals surface area contributed by atoms with Crippen molar-refractivity contribution in [3.63, 3.8) is 0 Å². The lowest BCUT2D eigenvalue weighted by Gasteiger charge is -2.31. The third-order valence-corrected chi connectivity index (χ3v) is 9.23. The molecule has 1 spiro atoms. The quantitative estimate of drug-likeness (QED) is 0.825. The van der Waals surface area contributed by atoms with Gasteiger partial charge in [-0.2, -0.15) is 0 Å². The van der Waals surface area contributed by atoms with Crippen LogP contribution in [-0.2, 0) is 20.0 Å². The van der Waals surface area contributed by atoms with Crippen molar-refractivity contribution in [3.8, 4) is 0 Å². The standard InChI is InChI=1S/C19H24FNO3S/c1-18(2,25(23,24)13-8-9-13)17(22)21-12-19(10-3-4-11-19)14-6-5-7-15(20)16(14)21/h5-7,13H,3-4,8-12H2,1-2H3. The van der Waals surface area contributed by atoms with Crippen LogP contribution in [0.3, 0.4) is 0 Å². The minimum atomic E-state index is -3.57. The van der Waals surface area contributed by atoms with E-state index in [1.165, 1.54) is 24.8 Å². The Morgan fingerprint density at radius 3 is 2.48 bits per heavy atom. The van der Waals surface area contributed by atoms with Crippen molar-refractivity contribution in [2.45, 2.75) is 67.8 Å². The fourth-order valence-corrected chi connectivity index (χ4v) is 6.52. The molecule has 2 saturated carbocycles. The number of amides is 1. The second-order valence-corrected chi connectivity index (χ2v) is 11.0. The van der Waals surface area contributed by atoms with Crippen molar-refractivity contribution in [1.82, 2.24) is 0 Å². The van der Waals surface area contributed by atoms with Gasteiger partial charge in [-0.15, -0.1) is 0 Å². The normalized spacial score (nSPS) is 22.4. The summed E-state index contributed by atoms with van der Waals surface area (Å²) < 4.78 is 38.7. The van der Waals surface area contributed by atoms with Crippen molar-refractivity contribution in [2.24, 2.45) is 0 Å². The SMILES string of the molecule is CC(C)(C(=O)N1CC2(CCCC2)c2cccc(F)c21)S(=O)(=O)C1CC1. The first-order chi connectivity index (χ1) is 11.7. The molecule has 1 heterocycles. The largest absolute Gasteiger partial charge is 0.307 e. The molecule has 6 heteroatoms. The van der Waals surface area contributed by atoms with E-state index in [0.717, 1.165) is 31.2 Å². The highest BCUT2D eigenvalue weighted by Gasteiger charge is 2.55. The lowest BCUT2D eigenvalue weighted by molar-refractivity contribution is -0.120. The monoisotopic (exact) mass is 365 g/mol. The molecule has 1 aliphatic heterocycles. The van der Waals surface area contributed by atoms with Crippen LogP contribution in [0.25, 0.3) is 0 Å². The van der Waals surface area contributed by atoms with Crippen LogP contribution in [0.15, 0.2) is 18.2 Å². The minimum Gasteiger partial charge on any atom is -0.307 e. The molecule has 4 nitrogen and oxygen atoms in total. The molecule has 136 valence electrons. The highest BCUT2D eigenvalue weighted by Crippen LogP contribution is 2.52. The number of hydrogen-bond donors (Lipinski definition) is 0. The van der Waals surface area contributed by atoms with E-state index >= 15 is 0 Å². The van der Waals surface area contributed by atoms with Gasteiger partial charge in [-0.3, -0.25) is 4.79 Å². The Labute approximate surface area is 148 Å². The van der Waals surface area contributed by atoms with Gasteiger partial charge in [0.05, 0.1) is 10.9 Å². The van der Waals surface area contributed by atoms with Crippen LogP contribution in [-0.4, -0.2) is 30.9 Å². The number of benzene rings is 1. The first kappa shape index (κ1) is 17.0. The molecule has 0 unspecified atom stereocenters. The maximum atomic E-state index is 14.6. The van der Waals surface area contributed by atoms with Crippen molar-refractivity contribution in [3.05, 3.63) is 29.6 Å². The summed E-state index contributed by atoms with van der Waals surface area (Å²) in [5.41, 5.74) is 0.957. The Kier molecular flexibility index (Phi) is 3.60. The Bertz CT molecular complexity index is 836. The summed E-state index contributed by atoms with van der Waals surface area (Å²) in [7, 11) is -3.57. The van der Waals surface area contributed by atoms with Crippen LogP contribution in [0.5, 0.6) is 0 Å². The number of para-hydroxylation sites is 1. The van der Waals surface area contributed by atoms with Crippen molar-refractivity contribution < 1.29 is 17.6 Å². The van der Waals surface area contributed by atoms with Crippen LogP contribution < -0.4 is 4.90 Å². The number of fused-ring (bicyclic) bond motifs is 2. The molecule has 0 N–H and O–H groups in total. The van der Waals surface area contributed by atoms with Gasteiger partial charge in [0.15, 0.2) is 9.84 Å². The number of sulfone groups is 1. The average Bonchev–Trinajstić information content (AvgIpc) is 3.25. The van der Waals surface area contributed by atoms with Gasteiger partial charge in [0, 0.05) is 12.0 Å². The predicted octanol–water partition coefficient (Wildman–Crippen LogP) is 3.34. The topological polar surface area (TPSA) is 54.5 Å². The van der Waals surface area contributed by atoms with Crippen LogP contribution in [0, 0.1) is 5.82 Å². The molecule has 2 fully saturated rings. The van der Waals surface area contributed by atoms with Gasteiger partial charge in [0.2, 0.25) is 5.91 Å². The molecule has 1 aromatic carbocycles. The van der Waals surface area contributed by atoms with Crippen molar-refractivity contribution >= 4 is 21.4 Å². The molecule has 0 atom stereocenters.